The maximum absolute atomic E-state index is 14.7. The maximum Gasteiger partial charge on any atom is 0.269 e. The molecule has 7 nitrogen and oxygen atoms in total. The molecule has 0 bridgehead atoms. The van der Waals surface area contributed by atoms with Gasteiger partial charge in [-0.3, -0.25) is 10.2 Å². The molecule has 0 aromatic heterocycles. The summed E-state index contributed by atoms with van der Waals surface area (Å²) in [6.45, 7) is 2.39. The Hall–Kier alpha value is -2.49. The van der Waals surface area contributed by atoms with Crippen LogP contribution in [0.4, 0.5) is 4.39 Å². The average Bonchev–Trinajstić information content (AvgIpc) is 2.80. The Labute approximate surface area is 194 Å². The molecular formula is C24H31FN2O5S. The van der Waals surface area contributed by atoms with Crippen molar-refractivity contribution in [3.8, 4) is 16.9 Å². The number of carbonyl (C=O) groups excluding carboxylic acids is 1. The van der Waals surface area contributed by atoms with Gasteiger partial charge in [-0.15, -0.1) is 4.83 Å². The van der Waals surface area contributed by atoms with Crippen molar-refractivity contribution >= 4 is 15.9 Å². The van der Waals surface area contributed by atoms with E-state index in [0.717, 1.165) is 37.7 Å². The number of aryl methyl sites for hydroxylation is 1. The minimum Gasteiger partial charge on any atom is -0.491 e. The zero-order valence-electron chi connectivity index (χ0n) is 19.0. The first-order valence-electron chi connectivity index (χ1n) is 11.1. The monoisotopic (exact) mass is 478 g/mol. The van der Waals surface area contributed by atoms with Gasteiger partial charge in [0.05, 0.1) is 17.9 Å². The van der Waals surface area contributed by atoms with Crippen LogP contribution in [0.2, 0.25) is 0 Å². The second-order valence-corrected chi connectivity index (χ2v) is 10.1. The molecule has 0 unspecified atom stereocenters. The van der Waals surface area contributed by atoms with Gasteiger partial charge in [0.25, 0.3) is 5.91 Å². The van der Waals surface area contributed by atoms with Gasteiger partial charge < -0.3 is 9.47 Å². The number of ether oxygens (including phenoxy) is 2. The predicted octanol–water partition coefficient (Wildman–Crippen LogP) is 3.97. The number of rotatable bonds is 10. The number of halogens is 1. The Kier molecular flexibility index (Phi) is 8.82. The quantitative estimate of drug-likeness (QED) is 0.398. The van der Waals surface area contributed by atoms with Crippen LogP contribution in [0.1, 0.15) is 48.0 Å². The van der Waals surface area contributed by atoms with Crippen LogP contribution < -0.4 is 15.0 Å². The third-order valence-electron chi connectivity index (χ3n) is 5.72. The fraction of sp³-hybridized carbons (Fsp3) is 0.458. The number of benzene rings is 2. The molecule has 1 fully saturated rings. The van der Waals surface area contributed by atoms with Gasteiger partial charge in [0.15, 0.2) is 0 Å². The highest BCUT2D eigenvalue weighted by Gasteiger charge is 2.23. The predicted molar refractivity (Wildman–Crippen MR) is 125 cm³/mol. The van der Waals surface area contributed by atoms with Gasteiger partial charge in [-0.2, -0.15) is 0 Å². The number of sulfonamides is 1. The van der Waals surface area contributed by atoms with Crippen molar-refractivity contribution in [1.82, 2.24) is 10.3 Å². The van der Waals surface area contributed by atoms with Crippen molar-refractivity contribution in [2.75, 3.05) is 26.1 Å². The SMILES string of the molecule is COCCOc1cccc(-c2cc(C)c(F)c(C(=O)NNS(=O)(=O)CC3CCCCC3)c2)c1. The van der Waals surface area contributed by atoms with Crippen LogP contribution >= 0.6 is 0 Å². The first kappa shape index (κ1) is 25.1. The number of hydrogen-bond acceptors (Lipinski definition) is 5. The van der Waals surface area contributed by atoms with E-state index in [1.807, 2.05) is 6.07 Å². The van der Waals surface area contributed by atoms with E-state index in [9.17, 15) is 17.6 Å². The molecule has 0 radical (unpaired) electrons. The van der Waals surface area contributed by atoms with Crippen molar-refractivity contribution in [2.45, 2.75) is 39.0 Å². The summed E-state index contributed by atoms with van der Waals surface area (Å²) in [4.78, 5) is 14.8. The van der Waals surface area contributed by atoms with Gasteiger partial charge in [0.2, 0.25) is 10.0 Å². The summed E-state index contributed by atoms with van der Waals surface area (Å²) in [7, 11) is -2.13. The Balaban J connectivity index is 1.73. The van der Waals surface area contributed by atoms with Gasteiger partial charge >= 0.3 is 0 Å². The molecule has 180 valence electrons. The first-order chi connectivity index (χ1) is 15.8. The van der Waals surface area contributed by atoms with Gasteiger partial charge in [-0.1, -0.05) is 31.4 Å². The molecule has 1 saturated carbocycles. The average molecular weight is 479 g/mol. The molecular weight excluding hydrogens is 447 g/mol. The van der Waals surface area contributed by atoms with E-state index in [2.05, 4.69) is 10.3 Å². The van der Waals surface area contributed by atoms with Crippen molar-refractivity contribution in [1.29, 1.82) is 0 Å². The Morgan fingerprint density at radius 2 is 1.85 bits per heavy atom. The summed E-state index contributed by atoms with van der Waals surface area (Å²) in [5, 5.41) is 0. The standard InChI is InChI=1S/C24H31FN2O5S/c1-17-13-20(19-9-6-10-21(14-19)32-12-11-31-2)15-22(23(17)25)24(28)26-27-33(29,30)16-18-7-4-3-5-8-18/h6,9-10,13-15,18,27H,3-5,7-8,11-12,16H2,1-2H3,(H,26,28). The fourth-order valence-corrected chi connectivity index (χ4v) is 5.29. The maximum atomic E-state index is 14.7. The Bertz CT molecular complexity index is 1070. The summed E-state index contributed by atoms with van der Waals surface area (Å²) in [5.74, 6) is -0.903. The van der Waals surface area contributed by atoms with Crippen LogP contribution in [0.3, 0.4) is 0 Å². The number of hydrogen-bond donors (Lipinski definition) is 2. The van der Waals surface area contributed by atoms with Crippen molar-refractivity contribution < 1.29 is 27.1 Å². The van der Waals surface area contributed by atoms with E-state index in [1.54, 1.807) is 38.3 Å². The fourth-order valence-electron chi connectivity index (χ4n) is 4.01. The minimum atomic E-state index is -3.72. The molecule has 0 atom stereocenters. The van der Waals surface area contributed by atoms with Gasteiger partial charge in [-0.25, -0.2) is 12.8 Å². The zero-order chi connectivity index (χ0) is 23.8. The number of carbonyl (C=O) groups is 1. The molecule has 2 N–H and O–H groups in total. The highest BCUT2D eigenvalue weighted by molar-refractivity contribution is 7.89. The van der Waals surface area contributed by atoms with Crippen LogP contribution in [0.5, 0.6) is 5.75 Å². The van der Waals surface area contributed by atoms with Crippen molar-refractivity contribution in [2.24, 2.45) is 5.92 Å². The molecule has 2 aromatic rings. The summed E-state index contributed by atoms with van der Waals surface area (Å²) >= 11 is 0. The smallest absolute Gasteiger partial charge is 0.269 e. The number of amides is 1. The molecule has 0 heterocycles. The molecule has 2 aromatic carbocycles. The molecule has 1 amide bonds. The molecule has 33 heavy (non-hydrogen) atoms. The van der Waals surface area contributed by atoms with E-state index in [0.29, 0.717) is 24.5 Å². The Morgan fingerprint density at radius 1 is 1.09 bits per heavy atom. The molecule has 0 spiro atoms. The van der Waals surface area contributed by atoms with Gasteiger partial charge in [-0.05, 0) is 66.6 Å². The van der Waals surface area contributed by atoms with Crippen molar-refractivity contribution in [3.05, 3.63) is 53.3 Å². The second kappa shape index (κ2) is 11.6. The lowest BCUT2D eigenvalue weighted by atomic mass is 9.91. The van der Waals surface area contributed by atoms with E-state index < -0.39 is 21.7 Å². The zero-order valence-corrected chi connectivity index (χ0v) is 19.8. The lowest BCUT2D eigenvalue weighted by Crippen LogP contribution is -2.44. The normalized spacial score (nSPS) is 14.8. The van der Waals surface area contributed by atoms with E-state index in [1.165, 1.54) is 6.07 Å². The second-order valence-electron chi connectivity index (χ2n) is 8.37. The molecule has 9 heteroatoms. The van der Waals surface area contributed by atoms with Crippen molar-refractivity contribution in [3.63, 3.8) is 0 Å². The molecule has 0 aliphatic heterocycles. The molecule has 1 aliphatic carbocycles. The van der Waals surface area contributed by atoms with E-state index >= 15 is 0 Å². The van der Waals surface area contributed by atoms with E-state index in [4.69, 9.17) is 9.47 Å². The van der Waals surface area contributed by atoms with E-state index in [-0.39, 0.29) is 22.8 Å². The summed E-state index contributed by atoms with van der Waals surface area (Å²) in [5.41, 5.74) is 3.55. The summed E-state index contributed by atoms with van der Waals surface area (Å²) in [6.07, 6.45) is 4.88. The minimum absolute atomic E-state index is 0.0509. The highest BCUT2D eigenvalue weighted by atomic mass is 32.2. The third kappa shape index (κ3) is 7.25. The van der Waals surface area contributed by atoms with Crippen LogP contribution in [-0.2, 0) is 14.8 Å². The number of hydrazine groups is 1. The van der Waals surface area contributed by atoms with Crippen LogP contribution in [-0.4, -0.2) is 40.4 Å². The summed E-state index contributed by atoms with van der Waals surface area (Å²) in [6, 6.07) is 10.2. The van der Waals surface area contributed by atoms with Gasteiger partial charge in [0, 0.05) is 7.11 Å². The molecule has 1 aliphatic rings. The van der Waals surface area contributed by atoms with Crippen LogP contribution in [0.25, 0.3) is 11.1 Å². The lowest BCUT2D eigenvalue weighted by molar-refractivity contribution is 0.0940. The van der Waals surface area contributed by atoms with Crippen LogP contribution in [0.15, 0.2) is 36.4 Å². The van der Waals surface area contributed by atoms with Gasteiger partial charge in [0.1, 0.15) is 18.2 Å². The highest BCUT2D eigenvalue weighted by Crippen LogP contribution is 2.28. The third-order valence-corrected chi connectivity index (χ3v) is 7.05. The Morgan fingerprint density at radius 3 is 2.58 bits per heavy atom. The molecule has 0 saturated heterocycles. The topological polar surface area (TPSA) is 93.7 Å². The lowest BCUT2D eigenvalue weighted by Gasteiger charge is -2.21. The summed E-state index contributed by atoms with van der Waals surface area (Å²) < 4.78 is 50.1. The number of methoxy groups -OCH3 is 1. The number of nitrogens with one attached hydrogen (secondary N) is 2. The largest absolute Gasteiger partial charge is 0.491 e. The van der Waals surface area contributed by atoms with Crippen LogP contribution in [0, 0.1) is 18.7 Å². The molecule has 3 rings (SSSR count). The first-order valence-corrected chi connectivity index (χ1v) is 12.8.